The second-order valence-electron chi connectivity index (χ2n) is 4.61. The zero-order valence-electron chi connectivity index (χ0n) is 11.7. The Balaban J connectivity index is 2.02. The van der Waals surface area contributed by atoms with Gasteiger partial charge in [0.25, 0.3) is 0 Å². The fourth-order valence-corrected chi connectivity index (χ4v) is 3.34. The number of nitrogens with one attached hydrogen (secondary N) is 1. The number of nitrogens with zero attached hydrogens (tertiary/aromatic N) is 2. The zero-order chi connectivity index (χ0) is 14.7. The highest BCUT2D eigenvalue weighted by molar-refractivity contribution is 7.99. The highest BCUT2D eigenvalue weighted by Crippen LogP contribution is 2.34. The number of aromatic nitrogens is 2. The van der Waals surface area contributed by atoms with Crippen LogP contribution in [0.3, 0.4) is 0 Å². The summed E-state index contributed by atoms with van der Waals surface area (Å²) in [5, 5.41) is 5.13. The predicted molar refractivity (Wildman–Crippen MR) is 88.1 cm³/mol. The molecule has 0 aliphatic carbocycles. The summed E-state index contributed by atoms with van der Waals surface area (Å²) in [4.78, 5) is 5.76. The lowest BCUT2D eigenvalue weighted by molar-refractivity contribution is 0.694. The van der Waals surface area contributed by atoms with Crippen molar-refractivity contribution in [2.75, 3.05) is 6.54 Å². The molecule has 0 saturated heterocycles. The standard InChI is InChI=1S/C16H16ClN3S/c1-2-18-11-13-16(19-15-9-5-6-10-20(13)15)21-14-8-4-3-7-12(14)17/h3-10,18H,2,11H2,1H3. The average molecular weight is 318 g/mol. The van der Waals surface area contributed by atoms with Crippen LogP contribution in [0.1, 0.15) is 12.6 Å². The van der Waals surface area contributed by atoms with E-state index in [2.05, 4.69) is 16.6 Å². The Hall–Kier alpha value is -1.49. The van der Waals surface area contributed by atoms with Crippen LogP contribution in [-0.2, 0) is 6.54 Å². The largest absolute Gasteiger partial charge is 0.311 e. The first kappa shape index (κ1) is 14.4. The van der Waals surface area contributed by atoms with Gasteiger partial charge in [0.1, 0.15) is 10.7 Å². The molecule has 2 heterocycles. The Labute approximate surface area is 133 Å². The van der Waals surface area contributed by atoms with Crippen molar-refractivity contribution in [1.82, 2.24) is 14.7 Å². The number of hydrogen-bond donors (Lipinski definition) is 1. The highest BCUT2D eigenvalue weighted by Gasteiger charge is 2.13. The molecule has 0 radical (unpaired) electrons. The molecule has 0 bridgehead atoms. The summed E-state index contributed by atoms with van der Waals surface area (Å²) >= 11 is 7.87. The molecule has 3 aromatic rings. The lowest BCUT2D eigenvalue weighted by Crippen LogP contribution is -2.13. The van der Waals surface area contributed by atoms with Crippen LogP contribution in [-0.4, -0.2) is 15.9 Å². The summed E-state index contributed by atoms with van der Waals surface area (Å²) in [5.74, 6) is 0. The zero-order valence-corrected chi connectivity index (χ0v) is 13.3. The molecule has 108 valence electrons. The number of benzene rings is 1. The summed E-state index contributed by atoms with van der Waals surface area (Å²) in [6.45, 7) is 3.81. The molecule has 0 saturated carbocycles. The molecule has 5 heteroatoms. The molecule has 0 atom stereocenters. The monoisotopic (exact) mass is 317 g/mol. The fourth-order valence-electron chi connectivity index (χ4n) is 2.14. The van der Waals surface area contributed by atoms with Crippen molar-refractivity contribution < 1.29 is 0 Å². The van der Waals surface area contributed by atoms with Gasteiger partial charge in [-0.3, -0.25) is 0 Å². The van der Waals surface area contributed by atoms with Crippen LogP contribution in [0.5, 0.6) is 0 Å². The number of imidazole rings is 1. The number of halogens is 1. The minimum atomic E-state index is 0.758. The van der Waals surface area contributed by atoms with Crippen LogP contribution in [0.25, 0.3) is 5.65 Å². The Morgan fingerprint density at radius 1 is 1.19 bits per heavy atom. The summed E-state index contributed by atoms with van der Waals surface area (Å²) in [6.07, 6.45) is 2.05. The minimum Gasteiger partial charge on any atom is -0.311 e. The lowest BCUT2D eigenvalue weighted by Gasteiger charge is -2.06. The summed E-state index contributed by atoms with van der Waals surface area (Å²) in [6, 6.07) is 13.9. The van der Waals surface area contributed by atoms with Crippen LogP contribution in [0, 0.1) is 0 Å². The molecule has 3 rings (SSSR count). The van der Waals surface area contributed by atoms with Gasteiger partial charge in [-0.1, -0.05) is 48.5 Å². The van der Waals surface area contributed by atoms with Gasteiger partial charge < -0.3 is 9.72 Å². The van der Waals surface area contributed by atoms with Crippen LogP contribution in [0.15, 0.2) is 58.6 Å². The van der Waals surface area contributed by atoms with Crippen LogP contribution in [0.2, 0.25) is 5.02 Å². The van der Waals surface area contributed by atoms with E-state index in [1.54, 1.807) is 11.8 Å². The summed E-state index contributed by atoms with van der Waals surface area (Å²) < 4.78 is 2.13. The predicted octanol–water partition coefficient (Wildman–Crippen LogP) is 4.25. The molecule has 0 aliphatic rings. The first-order chi connectivity index (χ1) is 10.3. The first-order valence-corrected chi connectivity index (χ1v) is 8.08. The van der Waals surface area contributed by atoms with Gasteiger partial charge in [-0.05, 0) is 30.8 Å². The molecule has 0 fully saturated rings. The van der Waals surface area contributed by atoms with E-state index in [1.807, 2.05) is 48.7 Å². The number of rotatable bonds is 5. The number of fused-ring (bicyclic) bond motifs is 1. The van der Waals surface area contributed by atoms with E-state index in [-0.39, 0.29) is 0 Å². The van der Waals surface area contributed by atoms with Crippen LogP contribution < -0.4 is 5.32 Å². The van der Waals surface area contributed by atoms with Gasteiger partial charge in [0.05, 0.1) is 10.7 Å². The van der Waals surface area contributed by atoms with Crippen molar-refractivity contribution in [2.45, 2.75) is 23.4 Å². The van der Waals surface area contributed by atoms with Crippen LogP contribution >= 0.6 is 23.4 Å². The van der Waals surface area contributed by atoms with E-state index in [1.165, 1.54) is 0 Å². The third kappa shape index (κ3) is 3.07. The fraction of sp³-hybridized carbons (Fsp3) is 0.188. The summed E-state index contributed by atoms with van der Waals surface area (Å²) in [7, 11) is 0. The van der Waals surface area contributed by atoms with Crippen LogP contribution in [0.4, 0.5) is 0 Å². The molecule has 0 spiro atoms. The molecule has 2 aromatic heterocycles. The molecule has 0 unspecified atom stereocenters. The second kappa shape index (κ2) is 6.52. The molecule has 0 aliphatic heterocycles. The van der Waals surface area contributed by atoms with Gasteiger partial charge >= 0.3 is 0 Å². The van der Waals surface area contributed by atoms with Crippen molar-refractivity contribution in [3.63, 3.8) is 0 Å². The van der Waals surface area contributed by atoms with Crippen molar-refractivity contribution in [1.29, 1.82) is 0 Å². The van der Waals surface area contributed by atoms with Gasteiger partial charge in [-0.25, -0.2) is 4.98 Å². The third-order valence-corrected chi connectivity index (χ3v) is 4.72. The molecule has 21 heavy (non-hydrogen) atoms. The van der Waals surface area contributed by atoms with E-state index < -0.39 is 0 Å². The van der Waals surface area contributed by atoms with Gasteiger partial charge in [0, 0.05) is 17.6 Å². The average Bonchev–Trinajstić information content (AvgIpc) is 2.85. The van der Waals surface area contributed by atoms with Crippen molar-refractivity contribution >= 4 is 29.0 Å². The normalized spacial score (nSPS) is 11.1. The van der Waals surface area contributed by atoms with E-state index >= 15 is 0 Å². The topological polar surface area (TPSA) is 29.3 Å². The van der Waals surface area contributed by atoms with E-state index in [0.29, 0.717) is 0 Å². The maximum absolute atomic E-state index is 6.26. The first-order valence-electron chi connectivity index (χ1n) is 6.88. The molecular weight excluding hydrogens is 302 g/mol. The van der Waals surface area contributed by atoms with Gasteiger partial charge in [0.2, 0.25) is 0 Å². The Bertz CT molecular complexity index is 754. The minimum absolute atomic E-state index is 0.758. The summed E-state index contributed by atoms with van der Waals surface area (Å²) in [5.41, 5.74) is 2.12. The maximum atomic E-state index is 6.26. The van der Waals surface area contributed by atoms with Crippen molar-refractivity contribution in [3.05, 3.63) is 59.4 Å². The molecule has 3 nitrogen and oxygen atoms in total. The van der Waals surface area contributed by atoms with E-state index in [4.69, 9.17) is 16.6 Å². The third-order valence-electron chi connectivity index (χ3n) is 3.18. The van der Waals surface area contributed by atoms with E-state index in [9.17, 15) is 0 Å². The Kier molecular flexibility index (Phi) is 4.48. The molecule has 1 N–H and O–H groups in total. The highest BCUT2D eigenvalue weighted by atomic mass is 35.5. The molecule has 1 aromatic carbocycles. The van der Waals surface area contributed by atoms with Crippen molar-refractivity contribution in [2.24, 2.45) is 0 Å². The number of hydrogen-bond acceptors (Lipinski definition) is 3. The molecule has 0 amide bonds. The second-order valence-corrected chi connectivity index (χ2v) is 6.04. The smallest absolute Gasteiger partial charge is 0.138 e. The Morgan fingerprint density at radius 3 is 2.81 bits per heavy atom. The van der Waals surface area contributed by atoms with Crippen molar-refractivity contribution in [3.8, 4) is 0 Å². The Morgan fingerprint density at radius 2 is 2.00 bits per heavy atom. The SMILES string of the molecule is CCNCc1c(Sc2ccccc2Cl)nc2ccccn12. The molecular formula is C16H16ClN3S. The van der Waals surface area contributed by atoms with Gasteiger partial charge in [-0.2, -0.15) is 0 Å². The van der Waals surface area contributed by atoms with E-state index in [0.717, 1.165) is 39.4 Å². The van der Waals surface area contributed by atoms with Gasteiger partial charge in [0.15, 0.2) is 0 Å². The number of pyridine rings is 1. The maximum Gasteiger partial charge on any atom is 0.138 e. The lowest BCUT2D eigenvalue weighted by atomic mass is 10.4. The quantitative estimate of drug-likeness (QED) is 0.763. The van der Waals surface area contributed by atoms with Gasteiger partial charge in [-0.15, -0.1) is 0 Å².